The predicted octanol–water partition coefficient (Wildman–Crippen LogP) is 3.87. The highest BCUT2D eigenvalue weighted by Crippen LogP contribution is 2.26. The second kappa shape index (κ2) is 7.32. The van der Waals surface area contributed by atoms with Crippen molar-refractivity contribution in [3.8, 4) is 0 Å². The van der Waals surface area contributed by atoms with E-state index in [1.807, 2.05) is 0 Å². The molecule has 0 aromatic heterocycles. The number of rotatable bonds is 6. The second-order valence-corrected chi connectivity index (χ2v) is 6.56. The Morgan fingerprint density at radius 1 is 1.19 bits per heavy atom. The summed E-state index contributed by atoms with van der Waals surface area (Å²) < 4.78 is 26.9. The Morgan fingerprint density at radius 3 is 2.43 bits per heavy atom. The number of halogens is 2. The Labute approximate surface area is 126 Å². The number of benzene rings is 1. The smallest absolute Gasteiger partial charge is 0.130 e. The largest absolute Gasteiger partial charge is 0.323 e. The minimum absolute atomic E-state index is 0.406. The third-order valence-corrected chi connectivity index (χ3v) is 4.23. The SMILES string of the molecule is CC(C)CN(CC(N)c1ccc(F)cc1F)C1CCCC1. The Kier molecular flexibility index (Phi) is 5.71. The first-order chi connectivity index (χ1) is 9.97. The molecule has 0 spiro atoms. The zero-order chi connectivity index (χ0) is 15.4. The van der Waals surface area contributed by atoms with E-state index in [9.17, 15) is 8.78 Å². The summed E-state index contributed by atoms with van der Waals surface area (Å²) in [6.45, 7) is 5.98. The van der Waals surface area contributed by atoms with Gasteiger partial charge < -0.3 is 5.73 Å². The van der Waals surface area contributed by atoms with Crippen LogP contribution in [0.5, 0.6) is 0 Å². The molecule has 1 aliphatic rings. The van der Waals surface area contributed by atoms with E-state index in [0.29, 0.717) is 24.1 Å². The van der Waals surface area contributed by atoms with Gasteiger partial charge in [-0.05, 0) is 24.8 Å². The van der Waals surface area contributed by atoms with Gasteiger partial charge in [-0.2, -0.15) is 0 Å². The van der Waals surface area contributed by atoms with Gasteiger partial charge in [-0.25, -0.2) is 8.78 Å². The average Bonchev–Trinajstić information content (AvgIpc) is 2.90. The van der Waals surface area contributed by atoms with Gasteiger partial charge in [0.25, 0.3) is 0 Å². The molecular weight excluding hydrogens is 270 g/mol. The lowest BCUT2D eigenvalue weighted by Crippen LogP contribution is -2.41. The third-order valence-electron chi connectivity index (χ3n) is 4.23. The summed E-state index contributed by atoms with van der Waals surface area (Å²) >= 11 is 0. The van der Waals surface area contributed by atoms with Gasteiger partial charge >= 0.3 is 0 Å². The number of nitrogens with two attached hydrogens (primary N) is 1. The highest BCUT2D eigenvalue weighted by Gasteiger charge is 2.25. The topological polar surface area (TPSA) is 29.3 Å². The van der Waals surface area contributed by atoms with Crippen LogP contribution in [0.3, 0.4) is 0 Å². The van der Waals surface area contributed by atoms with Crippen molar-refractivity contribution in [1.82, 2.24) is 4.90 Å². The Balaban J connectivity index is 2.07. The van der Waals surface area contributed by atoms with E-state index < -0.39 is 17.7 Å². The molecule has 1 fully saturated rings. The molecule has 0 radical (unpaired) electrons. The molecule has 1 aromatic rings. The second-order valence-electron chi connectivity index (χ2n) is 6.56. The molecule has 118 valence electrons. The van der Waals surface area contributed by atoms with E-state index in [1.165, 1.54) is 37.8 Å². The number of nitrogens with zero attached hydrogens (tertiary/aromatic N) is 1. The Hall–Kier alpha value is -1.00. The maximum absolute atomic E-state index is 13.9. The molecule has 21 heavy (non-hydrogen) atoms. The van der Waals surface area contributed by atoms with Crippen LogP contribution in [0.15, 0.2) is 18.2 Å². The molecule has 2 N–H and O–H groups in total. The van der Waals surface area contributed by atoms with Gasteiger partial charge in [-0.15, -0.1) is 0 Å². The number of hydrogen-bond acceptors (Lipinski definition) is 2. The predicted molar refractivity (Wildman–Crippen MR) is 82.0 cm³/mol. The van der Waals surface area contributed by atoms with Crippen LogP contribution in [-0.2, 0) is 0 Å². The van der Waals surface area contributed by atoms with Crippen LogP contribution in [0.1, 0.15) is 51.1 Å². The van der Waals surface area contributed by atoms with Crippen molar-refractivity contribution in [2.75, 3.05) is 13.1 Å². The monoisotopic (exact) mass is 296 g/mol. The molecule has 1 unspecified atom stereocenters. The van der Waals surface area contributed by atoms with Gasteiger partial charge in [-0.1, -0.05) is 32.8 Å². The van der Waals surface area contributed by atoms with Crippen LogP contribution in [0, 0.1) is 17.6 Å². The number of hydrogen-bond donors (Lipinski definition) is 1. The molecule has 2 rings (SSSR count). The fourth-order valence-electron chi connectivity index (χ4n) is 3.26. The summed E-state index contributed by atoms with van der Waals surface area (Å²) in [7, 11) is 0. The highest BCUT2D eigenvalue weighted by molar-refractivity contribution is 5.22. The van der Waals surface area contributed by atoms with E-state index in [-0.39, 0.29) is 0 Å². The van der Waals surface area contributed by atoms with Crippen LogP contribution < -0.4 is 5.73 Å². The van der Waals surface area contributed by atoms with Crippen molar-refractivity contribution in [3.63, 3.8) is 0 Å². The van der Waals surface area contributed by atoms with Crippen LogP contribution in [0.4, 0.5) is 8.78 Å². The van der Waals surface area contributed by atoms with Crippen molar-refractivity contribution in [2.24, 2.45) is 11.7 Å². The maximum Gasteiger partial charge on any atom is 0.130 e. The summed E-state index contributed by atoms with van der Waals surface area (Å²) in [6, 6.07) is 3.81. The quantitative estimate of drug-likeness (QED) is 0.863. The summed E-state index contributed by atoms with van der Waals surface area (Å²) in [5.41, 5.74) is 6.59. The molecule has 0 aliphatic heterocycles. The first kappa shape index (κ1) is 16.4. The van der Waals surface area contributed by atoms with Crippen molar-refractivity contribution >= 4 is 0 Å². The van der Waals surface area contributed by atoms with Crippen molar-refractivity contribution in [3.05, 3.63) is 35.4 Å². The van der Waals surface area contributed by atoms with Gasteiger partial charge in [0.05, 0.1) is 0 Å². The standard InChI is InChI=1S/C17H26F2N2/c1-12(2)10-21(14-5-3-4-6-14)11-17(20)15-8-7-13(18)9-16(15)19/h7-9,12,14,17H,3-6,10-11,20H2,1-2H3. The molecule has 1 atom stereocenters. The fraction of sp³-hybridized carbons (Fsp3) is 0.647. The van der Waals surface area contributed by atoms with Crippen LogP contribution in [0.2, 0.25) is 0 Å². The van der Waals surface area contributed by atoms with E-state index in [0.717, 1.165) is 12.6 Å². The van der Waals surface area contributed by atoms with Gasteiger partial charge in [0, 0.05) is 36.8 Å². The summed E-state index contributed by atoms with van der Waals surface area (Å²) in [5, 5.41) is 0. The summed E-state index contributed by atoms with van der Waals surface area (Å²) in [5.74, 6) is -0.549. The lowest BCUT2D eigenvalue weighted by molar-refractivity contribution is 0.166. The molecule has 0 heterocycles. The van der Waals surface area contributed by atoms with E-state index in [4.69, 9.17) is 5.73 Å². The van der Waals surface area contributed by atoms with Crippen LogP contribution in [0.25, 0.3) is 0 Å². The van der Waals surface area contributed by atoms with E-state index in [1.54, 1.807) is 0 Å². The maximum atomic E-state index is 13.9. The first-order valence-corrected chi connectivity index (χ1v) is 7.92. The van der Waals surface area contributed by atoms with Gasteiger partial charge in [0.15, 0.2) is 0 Å². The molecule has 1 aromatic carbocycles. The van der Waals surface area contributed by atoms with Crippen molar-refractivity contribution in [2.45, 2.75) is 51.6 Å². The zero-order valence-corrected chi connectivity index (χ0v) is 13.0. The molecule has 4 heteroatoms. The summed E-state index contributed by atoms with van der Waals surface area (Å²) in [4.78, 5) is 2.39. The molecule has 1 aliphatic carbocycles. The lowest BCUT2D eigenvalue weighted by Gasteiger charge is -2.32. The summed E-state index contributed by atoms with van der Waals surface area (Å²) in [6.07, 6.45) is 4.93. The zero-order valence-electron chi connectivity index (χ0n) is 13.0. The Bertz CT molecular complexity index is 456. The van der Waals surface area contributed by atoms with Gasteiger partial charge in [0.1, 0.15) is 11.6 Å². The van der Waals surface area contributed by atoms with Crippen molar-refractivity contribution in [1.29, 1.82) is 0 Å². The molecular formula is C17H26F2N2. The molecule has 2 nitrogen and oxygen atoms in total. The Morgan fingerprint density at radius 2 is 1.86 bits per heavy atom. The molecule has 1 saturated carbocycles. The lowest BCUT2D eigenvalue weighted by atomic mass is 10.0. The molecule has 0 saturated heterocycles. The van der Waals surface area contributed by atoms with Gasteiger partial charge in [-0.3, -0.25) is 4.90 Å². The van der Waals surface area contributed by atoms with Crippen molar-refractivity contribution < 1.29 is 8.78 Å². The normalized spacial score (nSPS) is 17.9. The highest BCUT2D eigenvalue weighted by atomic mass is 19.1. The van der Waals surface area contributed by atoms with Crippen LogP contribution in [-0.4, -0.2) is 24.0 Å². The first-order valence-electron chi connectivity index (χ1n) is 7.92. The molecule has 0 amide bonds. The third kappa shape index (κ3) is 4.48. The van der Waals surface area contributed by atoms with Gasteiger partial charge in [0.2, 0.25) is 0 Å². The van der Waals surface area contributed by atoms with Crippen LogP contribution >= 0.6 is 0 Å². The fourth-order valence-corrected chi connectivity index (χ4v) is 3.26. The minimum Gasteiger partial charge on any atom is -0.323 e. The van der Waals surface area contributed by atoms with E-state index in [2.05, 4.69) is 18.7 Å². The van der Waals surface area contributed by atoms with E-state index >= 15 is 0 Å². The average molecular weight is 296 g/mol. The molecule has 0 bridgehead atoms. The minimum atomic E-state index is -0.557.